The summed E-state index contributed by atoms with van der Waals surface area (Å²) in [4.78, 5) is 13.7. The summed E-state index contributed by atoms with van der Waals surface area (Å²) in [7, 11) is 1.77. The first-order valence-electron chi connectivity index (χ1n) is 6.07. The van der Waals surface area contributed by atoms with Crippen LogP contribution in [0.5, 0.6) is 11.5 Å². The summed E-state index contributed by atoms with van der Waals surface area (Å²) in [6.07, 6.45) is 0.793. The number of nitrogens with two attached hydrogens (primary N) is 1. The fourth-order valence-corrected chi connectivity index (χ4v) is 1.76. The number of hydrogen-bond acceptors (Lipinski definition) is 4. The molecular formula is C13H18N2O3. The molecule has 0 atom stereocenters. The molecule has 0 aromatic heterocycles. The van der Waals surface area contributed by atoms with E-state index in [1.165, 1.54) is 0 Å². The third-order valence-corrected chi connectivity index (χ3v) is 2.83. The van der Waals surface area contributed by atoms with Crippen LogP contribution in [-0.4, -0.2) is 44.2 Å². The molecule has 0 radical (unpaired) electrons. The maximum atomic E-state index is 12.1. The van der Waals surface area contributed by atoms with Gasteiger partial charge in [0.25, 0.3) is 5.91 Å². The minimum Gasteiger partial charge on any atom is -0.494 e. The van der Waals surface area contributed by atoms with Crippen molar-refractivity contribution in [2.45, 2.75) is 6.42 Å². The van der Waals surface area contributed by atoms with E-state index in [9.17, 15) is 4.79 Å². The van der Waals surface area contributed by atoms with Gasteiger partial charge in [0.2, 0.25) is 0 Å². The monoisotopic (exact) mass is 250 g/mol. The number of benzene rings is 1. The molecule has 0 bridgehead atoms. The molecule has 1 aliphatic heterocycles. The van der Waals surface area contributed by atoms with Gasteiger partial charge in [-0.1, -0.05) is 0 Å². The number of likely N-dealkylation sites (N-methyl/N-ethyl adjacent to an activating group) is 1. The van der Waals surface area contributed by atoms with E-state index in [4.69, 9.17) is 15.2 Å². The third-order valence-electron chi connectivity index (χ3n) is 2.83. The highest BCUT2D eigenvalue weighted by atomic mass is 16.5. The lowest BCUT2D eigenvalue weighted by atomic mass is 10.1. The molecule has 1 aromatic rings. The maximum Gasteiger partial charge on any atom is 0.257 e. The fourth-order valence-electron chi connectivity index (χ4n) is 1.76. The minimum absolute atomic E-state index is 0.0354. The average Bonchev–Trinajstić information content (AvgIpc) is 2.51. The lowest BCUT2D eigenvalue weighted by molar-refractivity contribution is 0.0796. The van der Waals surface area contributed by atoms with Crippen molar-refractivity contribution in [1.29, 1.82) is 0 Å². The van der Waals surface area contributed by atoms with Crippen molar-refractivity contribution < 1.29 is 14.3 Å². The number of carbonyl (C=O) groups is 1. The Labute approximate surface area is 106 Å². The Balaban J connectivity index is 2.18. The Bertz CT molecular complexity index is 434. The summed E-state index contributed by atoms with van der Waals surface area (Å²) in [5.74, 6) is 1.26. The first kappa shape index (κ1) is 12.7. The van der Waals surface area contributed by atoms with Gasteiger partial charge in [-0.2, -0.15) is 0 Å². The minimum atomic E-state index is -0.0354. The molecule has 98 valence electrons. The van der Waals surface area contributed by atoms with Crippen LogP contribution in [0.4, 0.5) is 0 Å². The van der Waals surface area contributed by atoms with Gasteiger partial charge in [-0.05, 0) is 31.2 Å². The van der Waals surface area contributed by atoms with Crippen LogP contribution in [0.3, 0.4) is 0 Å². The largest absolute Gasteiger partial charge is 0.494 e. The zero-order valence-electron chi connectivity index (χ0n) is 10.5. The number of fused-ring (bicyclic) bond motifs is 1. The molecular weight excluding hydrogens is 232 g/mol. The summed E-state index contributed by atoms with van der Waals surface area (Å²) in [5, 5.41) is 0. The molecule has 0 aliphatic carbocycles. The molecule has 1 aromatic carbocycles. The number of amides is 1. The van der Waals surface area contributed by atoms with Gasteiger partial charge in [0.05, 0.1) is 18.7 Å². The Morgan fingerprint density at radius 1 is 1.50 bits per heavy atom. The smallest absolute Gasteiger partial charge is 0.257 e. The van der Waals surface area contributed by atoms with Gasteiger partial charge in [-0.25, -0.2) is 0 Å². The van der Waals surface area contributed by atoms with Gasteiger partial charge in [0.15, 0.2) is 0 Å². The maximum absolute atomic E-state index is 12.1. The predicted molar refractivity (Wildman–Crippen MR) is 68.1 cm³/mol. The number of nitrogens with zero attached hydrogens (tertiary/aromatic N) is 1. The second-order valence-electron chi connectivity index (χ2n) is 4.22. The zero-order valence-corrected chi connectivity index (χ0v) is 10.5. The molecule has 2 rings (SSSR count). The highest BCUT2D eigenvalue weighted by Gasteiger charge is 2.21. The van der Waals surface area contributed by atoms with Crippen LogP contribution in [0.1, 0.15) is 16.8 Å². The van der Waals surface area contributed by atoms with Crippen LogP contribution in [0.15, 0.2) is 18.2 Å². The quantitative estimate of drug-likeness (QED) is 0.806. The van der Waals surface area contributed by atoms with Crippen LogP contribution in [0, 0.1) is 0 Å². The SMILES string of the molecule is CN1CCOc2ccc(OCCCN)cc2C1=O. The average molecular weight is 250 g/mol. The van der Waals surface area contributed by atoms with E-state index in [0.29, 0.717) is 43.4 Å². The van der Waals surface area contributed by atoms with Crippen LogP contribution < -0.4 is 15.2 Å². The Morgan fingerprint density at radius 3 is 3.11 bits per heavy atom. The van der Waals surface area contributed by atoms with Crippen molar-refractivity contribution in [3.05, 3.63) is 23.8 Å². The number of hydrogen-bond donors (Lipinski definition) is 1. The van der Waals surface area contributed by atoms with E-state index >= 15 is 0 Å². The van der Waals surface area contributed by atoms with Gasteiger partial charge in [0.1, 0.15) is 18.1 Å². The summed E-state index contributed by atoms with van der Waals surface area (Å²) in [5.41, 5.74) is 5.96. The summed E-state index contributed by atoms with van der Waals surface area (Å²) < 4.78 is 11.1. The normalized spacial score (nSPS) is 14.8. The van der Waals surface area contributed by atoms with Gasteiger partial charge in [-0.3, -0.25) is 4.79 Å². The van der Waals surface area contributed by atoms with Crippen LogP contribution >= 0.6 is 0 Å². The molecule has 2 N–H and O–H groups in total. The molecule has 0 spiro atoms. The third kappa shape index (κ3) is 2.73. The first-order chi connectivity index (χ1) is 8.72. The van der Waals surface area contributed by atoms with Crippen molar-refractivity contribution in [3.63, 3.8) is 0 Å². The van der Waals surface area contributed by atoms with Gasteiger partial charge >= 0.3 is 0 Å². The molecule has 0 unspecified atom stereocenters. The van der Waals surface area contributed by atoms with Crippen LogP contribution in [0.25, 0.3) is 0 Å². The van der Waals surface area contributed by atoms with Crippen molar-refractivity contribution in [2.24, 2.45) is 5.73 Å². The Morgan fingerprint density at radius 2 is 2.33 bits per heavy atom. The van der Waals surface area contributed by atoms with E-state index in [1.807, 2.05) is 6.07 Å². The van der Waals surface area contributed by atoms with E-state index in [0.717, 1.165) is 6.42 Å². The van der Waals surface area contributed by atoms with Crippen LogP contribution in [0.2, 0.25) is 0 Å². The molecule has 0 fully saturated rings. The van der Waals surface area contributed by atoms with E-state index in [-0.39, 0.29) is 5.91 Å². The lowest BCUT2D eigenvalue weighted by Crippen LogP contribution is -2.27. The highest BCUT2D eigenvalue weighted by Crippen LogP contribution is 2.27. The molecule has 5 nitrogen and oxygen atoms in total. The summed E-state index contributed by atoms with van der Waals surface area (Å²) in [6, 6.07) is 5.33. The Hall–Kier alpha value is -1.75. The van der Waals surface area contributed by atoms with Crippen molar-refractivity contribution in [2.75, 3.05) is 33.4 Å². The molecule has 5 heteroatoms. The summed E-state index contributed by atoms with van der Waals surface area (Å²) in [6.45, 7) is 2.26. The number of carbonyl (C=O) groups excluding carboxylic acids is 1. The van der Waals surface area contributed by atoms with Crippen molar-refractivity contribution in [1.82, 2.24) is 4.90 Å². The zero-order chi connectivity index (χ0) is 13.0. The standard InChI is InChI=1S/C13H18N2O3/c1-15-6-8-18-12-4-3-10(17-7-2-5-14)9-11(12)13(15)16/h3-4,9H,2,5-8,14H2,1H3. The molecule has 18 heavy (non-hydrogen) atoms. The fraction of sp³-hybridized carbons (Fsp3) is 0.462. The number of ether oxygens (including phenoxy) is 2. The van der Waals surface area contributed by atoms with E-state index in [1.54, 1.807) is 24.1 Å². The van der Waals surface area contributed by atoms with Crippen molar-refractivity contribution in [3.8, 4) is 11.5 Å². The number of rotatable bonds is 4. The molecule has 0 saturated carbocycles. The summed E-state index contributed by atoms with van der Waals surface area (Å²) >= 11 is 0. The Kier molecular flexibility index (Phi) is 4.04. The van der Waals surface area contributed by atoms with Crippen molar-refractivity contribution >= 4 is 5.91 Å². The highest BCUT2D eigenvalue weighted by molar-refractivity contribution is 5.97. The van der Waals surface area contributed by atoms with E-state index in [2.05, 4.69) is 0 Å². The second-order valence-corrected chi connectivity index (χ2v) is 4.22. The van der Waals surface area contributed by atoms with Gasteiger partial charge < -0.3 is 20.1 Å². The molecule has 1 amide bonds. The van der Waals surface area contributed by atoms with Crippen LogP contribution in [-0.2, 0) is 0 Å². The van der Waals surface area contributed by atoms with E-state index < -0.39 is 0 Å². The first-order valence-corrected chi connectivity index (χ1v) is 6.07. The predicted octanol–water partition coefficient (Wildman–Crippen LogP) is 0.879. The molecule has 0 saturated heterocycles. The topological polar surface area (TPSA) is 64.8 Å². The second kappa shape index (κ2) is 5.73. The van der Waals surface area contributed by atoms with Gasteiger partial charge in [-0.15, -0.1) is 0 Å². The molecule has 1 aliphatic rings. The molecule has 1 heterocycles. The lowest BCUT2D eigenvalue weighted by Gasteiger charge is -2.13. The van der Waals surface area contributed by atoms with Gasteiger partial charge in [0, 0.05) is 7.05 Å².